The zero-order valence-electron chi connectivity index (χ0n) is 10.0. The zero-order chi connectivity index (χ0) is 13.9. The first-order valence-corrected chi connectivity index (χ1v) is 8.22. The zero-order valence-corrected chi connectivity index (χ0v) is 12.3. The van der Waals surface area contributed by atoms with Gasteiger partial charge < -0.3 is 0 Å². The fourth-order valence-electron chi connectivity index (χ4n) is 1.77. The van der Waals surface area contributed by atoms with Gasteiger partial charge in [0.1, 0.15) is 0 Å². The first-order valence-electron chi connectivity index (χ1n) is 5.64. The third-order valence-corrected chi connectivity index (χ3v) is 4.61. The van der Waals surface area contributed by atoms with Crippen molar-refractivity contribution in [3.63, 3.8) is 0 Å². The second-order valence-electron chi connectivity index (χ2n) is 4.29. The van der Waals surface area contributed by atoms with Crippen molar-refractivity contribution >= 4 is 33.0 Å². The maximum Gasteiger partial charge on any atom is 0.158 e. The van der Waals surface area contributed by atoms with Gasteiger partial charge in [0, 0.05) is 10.0 Å². The molecule has 0 unspecified atom stereocenters. The molecule has 0 aliphatic heterocycles. The van der Waals surface area contributed by atoms with E-state index in [1.54, 1.807) is 48.5 Å². The fourth-order valence-corrected chi connectivity index (χ4v) is 3.59. The van der Waals surface area contributed by atoms with Gasteiger partial charge in [-0.15, -0.1) is 0 Å². The number of benzene rings is 2. The summed E-state index contributed by atoms with van der Waals surface area (Å²) >= 11 is 11.6. The molecule has 0 spiro atoms. The summed E-state index contributed by atoms with van der Waals surface area (Å²) in [6.45, 7) is 0. The van der Waals surface area contributed by atoms with E-state index < -0.39 is 9.84 Å². The van der Waals surface area contributed by atoms with Gasteiger partial charge >= 0.3 is 0 Å². The topological polar surface area (TPSA) is 34.1 Å². The minimum absolute atomic E-state index is 0.00329. The Balaban J connectivity index is 2.13. The lowest BCUT2D eigenvalue weighted by atomic mass is 10.2. The molecular formula is C14H12Cl2O2S. The molecule has 5 heteroatoms. The number of rotatable bonds is 4. The molecule has 0 saturated heterocycles. The Labute approximate surface area is 122 Å². The first-order chi connectivity index (χ1) is 8.94. The van der Waals surface area contributed by atoms with Crippen LogP contribution in [0.3, 0.4) is 0 Å². The Bertz CT molecular complexity index is 664. The van der Waals surface area contributed by atoms with E-state index in [4.69, 9.17) is 23.2 Å². The molecular weight excluding hydrogens is 303 g/mol. The molecule has 2 rings (SSSR count). The van der Waals surface area contributed by atoms with Gasteiger partial charge in [-0.05, 0) is 35.4 Å². The highest BCUT2D eigenvalue weighted by molar-refractivity contribution is 7.89. The van der Waals surface area contributed by atoms with E-state index in [0.717, 1.165) is 5.56 Å². The van der Waals surface area contributed by atoms with Crippen molar-refractivity contribution in [1.82, 2.24) is 0 Å². The van der Waals surface area contributed by atoms with Crippen molar-refractivity contribution in [3.05, 3.63) is 69.7 Å². The first kappa shape index (κ1) is 14.4. The van der Waals surface area contributed by atoms with Crippen molar-refractivity contribution < 1.29 is 8.42 Å². The molecule has 2 aromatic carbocycles. The van der Waals surface area contributed by atoms with Crippen LogP contribution in [-0.2, 0) is 21.3 Å². The van der Waals surface area contributed by atoms with E-state index in [-0.39, 0.29) is 11.5 Å². The third-order valence-electron chi connectivity index (χ3n) is 2.58. The molecule has 0 bridgehead atoms. The summed E-state index contributed by atoms with van der Waals surface area (Å²) < 4.78 is 24.2. The minimum Gasteiger partial charge on any atom is -0.228 e. The SMILES string of the molecule is O=S(=O)(Cc1ccc(Cl)cc1)Cc1cccc(Cl)c1. The van der Waals surface area contributed by atoms with Gasteiger partial charge in [-0.25, -0.2) is 8.42 Å². The number of hydrogen-bond donors (Lipinski definition) is 0. The van der Waals surface area contributed by atoms with E-state index in [1.165, 1.54) is 0 Å². The van der Waals surface area contributed by atoms with Crippen LogP contribution in [0.15, 0.2) is 48.5 Å². The van der Waals surface area contributed by atoms with E-state index in [9.17, 15) is 8.42 Å². The average molecular weight is 315 g/mol. The van der Waals surface area contributed by atoms with Crippen molar-refractivity contribution in [1.29, 1.82) is 0 Å². The Morgan fingerprint density at radius 1 is 0.789 bits per heavy atom. The monoisotopic (exact) mass is 314 g/mol. The smallest absolute Gasteiger partial charge is 0.158 e. The van der Waals surface area contributed by atoms with Crippen molar-refractivity contribution in [2.75, 3.05) is 0 Å². The summed E-state index contributed by atoms with van der Waals surface area (Å²) in [7, 11) is -3.22. The Morgan fingerprint density at radius 3 is 2.05 bits per heavy atom. The van der Waals surface area contributed by atoms with Gasteiger partial charge in [0.15, 0.2) is 9.84 Å². The molecule has 100 valence electrons. The summed E-state index contributed by atoms with van der Waals surface area (Å²) in [4.78, 5) is 0. The second-order valence-corrected chi connectivity index (χ2v) is 7.23. The van der Waals surface area contributed by atoms with Crippen molar-refractivity contribution in [2.24, 2.45) is 0 Å². The molecule has 2 aromatic rings. The molecule has 19 heavy (non-hydrogen) atoms. The Morgan fingerprint density at radius 2 is 1.42 bits per heavy atom. The summed E-state index contributed by atoms with van der Waals surface area (Å²) in [6, 6.07) is 13.7. The molecule has 0 radical (unpaired) electrons. The van der Waals surface area contributed by atoms with Crippen LogP contribution in [0.25, 0.3) is 0 Å². The van der Waals surface area contributed by atoms with Crippen LogP contribution in [0.1, 0.15) is 11.1 Å². The number of hydrogen-bond acceptors (Lipinski definition) is 2. The highest BCUT2D eigenvalue weighted by Gasteiger charge is 2.13. The molecule has 0 saturated carbocycles. The lowest BCUT2D eigenvalue weighted by molar-refractivity contribution is 0.594. The highest BCUT2D eigenvalue weighted by atomic mass is 35.5. The summed E-state index contributed by atoms with van der Waals surface area (Å²) in [5, 5.41) is 1.13. The van der Waals surface area contributed by atoms with Gasteiger partial charge in [-0.2, -0.15) is 0 Å². The van der Waals surface area contributed by atoms with Crippen LogP contribution in [0.4, 0.5) is 0 Å². The molecule has 0 aliphatic rings. The van der Waals surface area contributed by atoms with Crippen LogP contribution in [0, 0.1) is 0 Å². The Hall–Kier alpha value is -1.03. The standard InChI is InChI=1S/C14H12Cl2O2S/c15-13-6-4-11(5-7-13)9-19(17,18)10-12-2-1-3-14(16)8-12/h1-8H,9-10H2. The van der Waals surface area contributed by atoms with Crippen LogP contribution in [0.2, 0.25) is 10.0 Å². The number of sulfone groups is 1. The molecule has 0 heterocycles. The minimum atomic E-state index is -3.22. The van der Waals surface area contributed by atoms with Gasteiger partial charge in [0.05, 0.1) is 11.5 Å². The van der Waals surface area contributed by atoms with Gasteiger partial charge in [-0.3, -0.25) is 0 Å². The van der Waals surface area contributed by atoms with Gasteiger partial charge in [0.25, 0.3) is 0 Å². The summed E-state index contributed by atoms with van der Waals surface area (Å²) in [5.41, 5.74) is 1.42. The largest absolute Gasteiger partial charge is 0.228 e. The summed E-state index contributed by atoms with van der Waals surface area (Å²) in [5.74, 6) is -0.0210. The van der Waals surface area contributed by atoms with E-state index in [0.29, 0.717) is 15.6 Å². The normalized spacial score (nSPS) is 11.5. The lowest BCUT2D eigenvalue weighted by Crippen LogP contribution is -2.07. The van der Waals surface area contributed by atoms with Crippen LogP contribution >= 0.6 is 23.2 Å². The van der Waals surface area contributed by atoms with Gasteiger partial charge in [-0.1, -0.05) is 47.5 Å². The maximum atomic E-state index is 12.1. The highest BCUT2D eigenvalue weighted by Crippen LogP contribution is 2.17. The van der Waals surface area contributed by atoms with Crippen LogP contribution < -0.4 is 0 Å². The fraction of sp³-hybridized carbons (Fsp3) is 0.143. The lowest BCUT2D eigenvalue weighted by Gasteiger charge is -2.05. The van der Waals surface area contributed by atoms with E-state index in [1.807, 2.05) is 0 Å². The molecule has 2 nitrogen and oxygen atoms in total. The molecule has 0 N–H and O–H groups in total. The number of halogens is 2. The predicted octanol–water partition coefficient (Wildman–Crippen LogP) is 4.11. The summed E-state index contributed by atoms with van der Waals surface area (Å²) in [6.07, 6.45) is 0. The van der Waals surface area contributed by atoms with Crippen LogP contribution in [0.5, 0.6) is 0 Å². The second kappa shape index (κ2) is 5.95. The molecule has 0 amide bonds. The van der Waals surface area contributed by atoms with E-state index >= 15 is 0 Å². The van der Waals surface area contributed by atoms with Crippen molar-refractivity contribution in [2.45, 2.75) is 11.5 Å². The van der Waals surface area contributed by atoms with Crippen LogP contribution in [-0.4, -0.2) is 8.42 Å². The molecule has 0 aliphatic carbocycles. The quantitative estimate of drug-likeness (QED) is 0.851. The average Bonchev–Trinajstić information content (AvgIpc) is 2.31. The Kier molecular flexibility index (Phi) is 4.50. The molecule has 0 fully saturated rings. The predicted molar refractivity (Wildman–Crippen MR) is 79.2 cm³/mol. The maximum absolute atomic E-state index is 12.1. The third kappa shape index (κ3) is 4.53. The van der Waals surface area contributed by atoms with E-state index in [2.05, 4.69) is 0 Å². The molecule has 0 aromatic heterocycles. The van der Waals surface area contributed by atoms with Crippen molar-refractivity contribution in [3.8, 4) is 0 Å². The molecule has 0 atom stereocenters. The van der Waals surface area contributed by atoms with Gasteiger partial charge in [0.2, 0.25) is 0 Å².